The average Bonchev–Trinajstić information content (AvgIpc) is 3.22. The van der Waals surface area contributed by atoms with Gasteiger partial charge in [-0.3, -0.25) is 0 Å². The summed E-state index contributed by atoms with van der Waals surface area (Å²) in [6.45, 7) is 4.47. The number of nitrogens with zero attached hydrogens (tertiary/aromatic N) is 5. The van der Waals surface area contributed by atoms with Crippen molar-refractivity contribution >= 4 is 0 Å². The van der Waals surface area contributed by atoms with Gasteiger partial charge in [0.1, 0.15) is 23.7 Å². The first-order valence-electron chi connectivity index (χ1n) is 11.8. The summed E-state index contributed by atoms with van der Waals surface area (Å²) in [6, 6.07) is 19.7. The summed E-state index contributed by atoms with van der Waals surface area (Å²) < 4.78 is 13.8. The third-order valence-electron chi connectivity index (χ3n) is 6.58. The minimum atomic E-state index is 0.0709. The van der Waals surface area contributed by atoms with Gasteiger partial charge in [-0.25, -0.2) is 19.6 Å². The molecule has 0 atom stereocenters. The van der Waals surface area contributed by atoms with Crippen LogP contribution >= 0.6 is 0 Å². The highest BCUT2D eigenvalue weighted by Crippen LogP contribution is 2.62. The van der Waals surface area contributed by atoms with Crippen LogP contribution in [-0.4, -0.2) is 30.8 Å². The zero-order valence-electron chi connectivity index (χ0n) is 19.4. The Bertz CT molecular complexity index is 1280. The molecule has 0 amide bonds. The topological polar surface area (TPSA) is 75.0 Å². The largest absolute Gasteiger partial charge is 0.489 e. The van der Waals surface area contributed by atoms with Crippen LogP contribution in [0, 0.1) is 5.92 Å². The number of hydrogen-bond donors (Lipinski definition) is 0. The standard InChI is InChI=1S/C27H27N5O2/c1-18(2)34-21-11-12-23(28-16-21)26-30-25(31-32(26)27-13-20(14-27)15-27)22-9-6-10-24(29-22)33-17-19-7-4-3-5-8-19/h3-12,16,18,20H,13-15,17H2,1-2H3. The highest BCUT2D eigenvalue weighted by Gasteiger charge is 2.59. The fourth-order valence-electron chi connectivity index (χ4n) is 4.81. The fourth-order valence-corrected chi connectivity index (χ4v) is 4.81. The molecule has 7 rings (SSSR count). The van der Waals surface area contributed by atoms with E-state index in [4.69, 9.17) is 24.5 Å². The van der Waals surface area contributed by atoms with Gasteiger partial charge in [0, 0.05) is 6.07 Å². The van der Waals surface area contributed by atoms with Crippen molar-refractivity contribution in [2.24, 2.45) is 5.92 Å². The van der Waals surface area contributed by atoms with Crippen LogP contribution in [-0.2, 0) is 12.1 Å². The van der Waals surface area contributed by atoms with Crippen LogP contribution in [0.5, 0.6) is 11.6 Å². The van der Waals surface area contributed by atoms with Crippen molar-refractivity contribution in [3.8, 4) is 34.7 Å². The SMILES string of the molecule is CC(C)Oc1ccc(-c2nc(-c3cccc(OCc4ccccc4)n3)nn2C23CC(C2)C3)nc1. The zero-order valence-corrected chi connectivity index (χ0v) is 19.4. The number of benzene rings is 1. The van der Waals surface area contributed by atoms with Crippen LogP contribution < -0.4 is 9.47 Å². The second-order valence-electron chi connectivity index (χ2n) is 9.55. The van der Waals surface area contributed by atoms with E-state index in [2.05, 4.69) is 9.67 Å². The van der Waals surface area contributed by atoms with E-state index in [9.17, 15) is 0 Å². The second-order valence-corrected chi connectivity index (χ2v) is 9.55. The molecule has 3 aromatic heterocycles. The Morgan fingerprint density at radius 1 is 0.941 bits per heavy atom. The van der Waals surface area contributed by atoms with E-state index >= 15 is 0 Å². The van der Waals surface area contributed by atoms with Crippen molar-refractivity contribution in [3.05, 3.63) is 72.4 Å². The average molecular weight is 454 g/mol. The van der Waals surface area contributed by atoms with Gasteiger partial charge in [0.15, 0.2) is 5.82 Å². The van der Waals surface area contributed by atoms with Gasteiger partial charge in [0.2, 0.25) is 11.7 Å². The van der Waals surface area contributed by atoms with Crippen molar-refractivity contribution in [3.63, 3.8) is 0 Å². The molecule has 3 aliphatic carbocycles. The van der Waals surface area contributed by atoms with Crippen LogP contribution in [0.3, 0.4) is 0 Å². The Morgan fingerprint density at radius 3 is 2.44 bits per heavy atom. The first-order valence-corrected chi connectivity index (χ1v) is 11.8. The van der Waals surface area contributed by atoms with Crippen molar-refractivity contribution in [2.75, 3.05) is 0 Å². The van der Waals surface area contributed by atoms with Crippen LogP contribution in [0.1, 0.15) is 38.7 Å². The molecule has 3 aliphatic rings. The molecule has 34 heavy (non-hydrogen) atoms. The molecule has 0 saturated heterocycles. The van der Waals surface area contributed by atoms with Gasteiger partial charge >= 0.3 is 0 Å². The Labute approximate surface area is 198 Å². The van der Waals surface area contributed by atoms with E-state index < -0.39 is 0 Å². The van der Waals surface area contributed by atoms with E-state index in [0.29, 0.717) is 24.0 Å². The van der Waals surface area contributed by atoms with E-state index in [1.54, 1.807) is 6.20 Å². The maximum absolute atomic E-state index is 5.93. The maximum atomic E-state index is 5.93. The number of hydrogen-bond acceptors (Lipinski definition) is 6. The zero-order chi connectivity index (χ0) is 23.1. The normalized spacial score (nSPS) is 20.5. The third-order valence-corrected chi connectivity index (χ3v) is 6.58. The number of pyridine rings is 2. The molecule has 4 aromatic rings. The summed E-state index contributed by atoms with van der Waals surface area (Å²) in [5.41, 5.74) is 2.65. The summed E-state index contributed by atoms with van der Waals surface area (Å²) in [4.78, 5) is 14.2. The Morgan fingerprint density at radius 2 is 1.76 bits per heavy atom. The lowest BCUT2D eigenvalue weighted by Crippen LogP contribution is -2.59. The molecule has 7 nitrogen and oxygen atoms in total. The quantitative estimate of drug-likeness (QED) is 0.361. The molecule has 0 N–H and O–H groups in total. The molecule has 0 unspecified atom stereocenters. The Balaban J connectivity index is 1.30. The first kappa shape index (κ1) is 20.8. The van der Waals surface area contributed by atoms with Gasteiger partial charge < -0.3 is 9.47 Å². The van der Waals surface area contributed by atoms with Gasteiger partial charge in [0.25, 0.3) is 0 Å². The molecule has 3 saturated carbocycles. The van der Waals surface area contributed by atoms with Gasteiger partial charge in [-0.15, -0.1) is 5.10 Å². The molecule has 0 spiro atoms. The van der Waals surface area contributed by atoms with Crippen LogP contribution in [0.15, 0.2) is 66.9 Å². The van der Waals surface area contributed by atoms with Crippen LogP contribution in [0.2, 0.25) is 0 Å². The summed E-state index contributed by atoms with van der Waals surface area (Å²) >= 11 is 0. The minimum Gasteiger partial charge on any atom is -0.489 e. The van der Waals surface area contributed by atoms with Gasteiger partial charge in [-0.05, 0) is 62.8 Å². The van der Waals surface area contributed by atoms with Crippen LogP contribution in [0.25, 0.3) is 23.0 Å². The minimum absolute atomic E-state index is 0.0709. The molecular weight excluding hydrogens is 426 g/mol. The summed E-state index contributed by atoms with van der Waals surface area (Å²) in [7, 11) is 0. The smallest absolute Gasteiger partial charge is 0.214 e. The van der Waals surface area contributed by atoms with Crippen LogP contribution in [0.4, 0.5) is 0 Å². The predicted molar refractivity (Wildman–Crippen MR) is 128 cm³/mol. The Kier molecular flexibility index (Phi) is 5.05. The van der Waals surface area contributed by atoms with E-state index in [0.717, 1.165) is 48.0 Å². The van der Waals surface area contributed by atoms with Crippen molar-refractivity contribution in [2.45, 2.75) is 51.4 Å². The highest BCUT2D eigenvalue weighted by molar-refractivity contribution is 5.58. The lowest BCUT2D eigenvalue weighted by atomic mass is 9.50. The Hall–Kier alpha value is -3.74. The highest BCUT2D eigenvalue weighted by atomic mass is 16.5. The van der Waals surface area contributed by atoms with E-state index in [1.807, 2.05) is 74.5 Å². The summed E-state index contributed by atoms with van der Waals surface area (Å²) in [5.74, 6) is 3.50. The predicted octanol–water partition coefficient (Wildman–Crippen LogP) is 5.28. The molecule has 2 bridgehead atoms. The number of aromatic nitrogens is 5. The monoisotopic (exact) mass is 453 g/mol. The molecule has 3 fully saturated rings. The molecule has 7 heteroatoms. The van der Waals surface area contributed by atoms with Crippen molar-refractivity contribution in [1.82, 2.24) is 24.7 Å². The third kappa shape index (κ3) is 3.81. The van der Waals surface area contributed by atoms with Crippen molar-refractivity contribution < 1.29 is 9.47 Å². The molecule has 3 heterocycles. The van der Waals surface area contributed by atoms with Gasteiger partial charge in [0.05, 0.1) is 17.8 Å². The van der Waals surface area contributed by atoms with Gasteiger partial charge in [-0.2, -0.15) is 0 Å². The molecule has 0 aliphatic heterocycles. The fraction of sp³-hybridized carbons (Fsp3) is 0.333. The number of rotatable bonds is 8. The van der Waals surface area contributed by atoms with E-state index in [-0.39, 0.29) is 11.6 Å². The molecule has 172 valence electrons. The summed E-state index contributed by atoms with van der Waals surface area (Å²) in [6.07, 6.45) is 5.33. The maximum Gasteiger partial charge on any atom is 0.214 e. The lowest BCUT2D eigenvalue weighted by molar-refractivity contribution is -0.0965. The molecule has 0 radical (unpaired) electrons. The lowest BCUT2D eigenvalue weighted by Gasteiger charge is -2.61. The van der Waals surface area contributed by atoms with E-state index in [1.165, 1.54) is 0 Å². The second kappa shape index (κ2) is 8.24. The van der Waals surface area contributed by atoms with Gasteiger partial charge in [-0.1, -0.05) is 36.4 Å². The first-order chi connectivity index (χ1) is 16.6. The van der Waals surface area contributed by atoms with Crippen molar-refractivity contribution in [1.29, 1.82) is 0 Å². The molecule has 1 aromatic carbocycles. The molecular formula is C27H27N5O2. The number of ether oxygens (including phenoxy) is 2. The summed E-state index contributed by atoms with van der Waals surface area (Å²) in [5, 5.41) is 4.93.